The lowest BCUT2D eigenvalue weighted by Gasteiger charge is -2.13. The maximum atomic E-state index is 12.5. The highest BCUT2D eigenvalue weighted by molar-refractivity contribution is 8.18. The average molecular weight is 404 g/mol. The zero-order valence-electron chi connectivity index (χ0n) is 15.8. The summed E-state index contributed by atoms with van der Waals surface area (Å²) in [7, 11) is 0. The lowest BCUT2D eigenvalue weighted by atomic mass is 10.2. The summed E-state index contributed by atoms with van der Waals surface area (Å²) in [6.07, 6.45) is 1.21. The number of hydrogen-bond donors (Lipinski definition) is 0. The molecule has 0 radical (unpaired) electrons. The van der Waals surface area contributed by atoms with Crippen molar-refractivity contribution in [3.05, 3.63) is 28.7 Å². The van der Waals surface area contributed by atoms with Crippen LogP contribution in [0.4, 0.5) is 4.79 Å². The Balaban J connectivity index is 2.19. The first-order chi connectivity index (χ1) is 13.3. The van der Waals surface area contributed by atoms with Crippen LogP contribution in [0, 0.1) is 11.3 Å². The van der Waals surface area contributed by atoms with E-state index in [1.165, 1.54) is 6.08 Å². The second kappa shape index (κ2) is 9.80. The van der Waals surface area contributed by atoms with Crippen LogP contribution in [0.1, 0.15) is 26.3 Å². The summed E-state index contributed by atoms with van der Waals surface area (Å²) in [6.45, 7) is 5.02. The number of rotatable bonds is 8. The molecule has 0 aliphatic carbocycles. The number of thioether (sulfide) groups is 1. The minimum absolute atomic E-state index is 0.120. The predicted octanol–water partition coefficient (Wildman–Crippen LogP) is 2.98. The Hall–Kier alpha value is -2.99. The first-order valence-electron chi connectivity index (χ1n) is 8.57. The van der Waals surface area contributed by atoms with Gasteiger partial charge in [0.15, 0.2) is 18.1 Å². The highest BCUT2D eigenvalue weighted by atomic mass is 32.2. The van der Waals surface area contributed by atoms with Gasteiger partial charge in [-0.25, -0.2) is 0 Å². The number of nitrogens with zero attached hydrogens (tertiary/aromatic N) is 2. The lowest BCUT2D eigenvalue weighted by molar-refractivity contribution is -0.149. The first-order valence-corrected chi connectivity index (χ1v) is 9.38. The molecule has 2 amide bonds. The Bertz CT molecular complexity index is 843. The molecule has 1 aliphatic rings. The van der Waals surface area contributed by atoms with Gasteiger partial charge in [0.1, 0.15) is 12.6 Å². The molecule has 0 bridgehead atoms. The number of esters is 1. The highest BCUT2D eigenvalue weighted by Gasteiger charge is 2.36. The van der Waals surface area contributed by atoms with Crippen LogP contribution < -0.4 is 9.47 Å². The molecule has 2 rings (SSSR count). The molecule has 0 aromatic heterocycles. The zero-order valence-corrected chi connectivity index (χ0v) is 16.6. The van der Waals surface area contributed by atoms with E-state index < -0.39 is 23.7 Å². The summed E-state index contributed by atoms with van der Waals surface area (Å²) in [6, 6.07) is 6.83. The van der Waals surface area contributed by atoms with Gasteiger partial charge in [-0.15, -0.1) is 0 Å². The van der Waals surface area contributed by atoms with Gasteiger partial charge in [-0.3, -0.25) is 19.3 Å². The molecular weight excluding hydrogens is 384 g/mol. The van der Waals surface area contributed by atoms with E-state index in [-0.39, 0.29) is 17.6 Å². The van der Waals surface area contributed by atoms with Gasteiger partial charge in [0.2, 0.25) is 0 Å². The Labute approximate surface area is 167 Å². The molecule has 0 unspecified atom stereocenters. The number of ether oxygens (including phenoxy) is 3. The van der Waals surface area contributed by atoms with Crippen LogP contribution in [0.2, 0.25) is 0 Å². The monoisotopic (exact) mass is 404 g/mol. The van der Waals surface area contributed by atoms with E-state index >= 15 is 0 Å². The normalized spacial score (nSPS) is 15.1. The molecule has 148 valence electrons. The Morgan fingerprint density at radius 1 is 1.29 bits per heavy atom. The van der Waals surface area contributed by atoms with Crippen molar-refractivity contribution in [2.75, 3.05) is 19.8 Å². The number of carbonyl (C=O) groups is 3. The third-order valence-corrected chi connectivity index (χ3v) is 4.29. The molecule has 8 nitrogen and oxygen atoms in total. The fourth-order valence-electron chi connectivity index (χ4n) is 2.33. The smallest absolute Gasteiger partial charge is 0.326 e. The SMILES string of the molecule is CCOc1cc(/C=C2\SC(=O)N(CC(=O)OC(C)C)C2=O)ccc1OCC#N. The number of hydrogen-bond acceptors (Lipinski definition) is 8. The topological polar surface area (TPSA) is 106 Å². The van der Waals surface area contributed by atoms with Gasteiger partial charge >= 0.3 is 5.97 Å². The van der Waals surface area contributed by atoms with E-state index in [9.17, 15) is 14.4 Å². The fourth-order valence-corrected chi connectivity index (χ4v) is 3.17. The van der Waals surface area contributed by atoms with Crippen molar-refractivity contribution >= 4 is 35.0 Å². The van der Waals surface area contributed by atoms with Crippen LogP contribution in [-0.2, 0) is 14.3 Å². The Kier molecular flexibility index (Phi) is 7.46. The predicted molar refractivity (Wildman–Crippen MR) is 103 cm³/mol. The summed E-state index contributed by atoms with van der Waals surface area (Å²) < 4.78 is 15.8. The van der Waals surface area contributed by atoms with Gasteiger partial charge in [-0.05, 0) is 56.3 Å². The van der Waals surface area contributed by atoms with E-state index in [4.69, 9.17) is 19.5 Å². The van der Waals surface area contributed by atoms with Crippen molar-refractivity contribution in [2.24, 2.45) is 0 Å². The molecule has 9 heteroatoms. The number of imide groups is 1. The fraction of sp³-hybridized carbons (Fsp3) is 0.368. The van der Waals surface area contributed by atoms with E-state index in [1.54, 1.807) is 32.0 Å². The molecule has 1 aliphatic heterocycles. The van der Waals surface area contributed by atoms with Gasteiger partial charge in [0, 0.05) is 0 Å². The van der Waals surface area contributed by atoms with Crippen molar-refractivity contribution in [3.8, 4) is 17.6 Å². The van der Waals surface area contributed by atoms with Crippen LogP contribution in [0.25, 0.3) is 6.08 Å². The molecule has 1 fully saturated rings. The molecule has 0 spiro atoms. The largest absolute Gasteiger partial charge is 0.490 e. The van der Waals surface area contributed by atoms with E-state index in [1.807, 2.05) is 13.0 Å². The summed E-state index contributed by atoms with van der Waals surface area (Å²) in [5.41, 5.74) is 0.614. The summed E-state index contributed by atoms with van der Waals surface area (Å²) in [5, 5.41) is 8.12. The second-order valence-electron chi connectivity index (χ2n) is 5.89. The number of carbonyl (C=O) groups excluding carboxylic acids is 3. The third kappa shape index (κ3) is 5.50. The third-order valence-electron chi connectivity index (χ3n) is 3.39. The molecule has 28 heavy (non-hydrogen) atoms. The molecule has 1 aromatic carbocycles. The van der Waals surface area contributed by atoms with Crippen LogP contribution in [-0.4, -0.2) is 47.9 Å². The van der Waals surface area contributed by atoms with Crippen molar-refractivity contribution in [1.82, 2.24) is 4.90 Å². The number of amides is 2. The molecule has 1 heterocycles. The van der Waals surface area contributed by atoms with Crippen molar-refractivity contribution in [3.63, 3.8) is 0 Å². The summed E-state index contributed by atoms with van der Waals surface area (Å²) >= 11 is 0.750. The van der Waals surface area contributed by atoms with Gasteiger partial charge in [0.25, 0.3) is 11.1 Å². The highest BCUT2D eigenvalue weighted by Crippen LogP contribution is 2.34. The number of nitriles is 1. The molecule has 0 saturated carbocycles. The second-order valence-corrected chi connectivity index (χ2v) is 6.89. The van der Waals surface area contributed by atoms with Crippen molar-refractivity contribution < 1.29 is 28.6 Å². The van der Waals surface area contributed by atoms with Crippen molar-refractivity contribution in [2.45, 2.75) is 26.9 Å². The van der Waals surface area contributed by atoms with Crippen molar-refractivity contribution in [1.29, 1.82) is 5.26 Å². The van der Waals surface area contributed by atoms with Crippen LogP contribution in [0.5, 0.6) is 11.5 Å². The molecular formula is C19H20N2O6S. The van der Waals surface area contributed by atoms with E-state index in [2.05, 4.69) is 0 Å². The Morgan fingerprint density at radius 2 is 2.04 bits per heavy atom. The molecule has 1 saturated heterocycles. The molecule has 0 N–H and O–H groups in total. The van der Waals surface area contributed by atoms with E-state index in [0.29, 0.717) is 23.7 Å². The zero-order chi connectivity index (χ0) is 20.7. The van der Waals surface area contributed by atoms with Crippen LogP contribution >= 0.6 is 11.8 Å². The Morgan fingerprint density at radius 3 is 2.68 bits per heavy atom. The maximum Gasteiger partial charge on any atom is 0.326 e. The standard InChI is InChI=1S/C19H20N2O6S/c1-4-25-15-9-13(5-6-14(15)26-8-7-20)10-16-18(23)21(19(24)28-16)11-17(22)27-12(2)3/h5-6,9-10,12H,4,8,11H2,1-3H3/b16-10-. The summed E-state index contributed by atoms with van der Waals surface area (Å²) in [4.78, 5) is 37.4. The quantitative estimate of drug-likeness (QED) is 0.481. The van der Waals surface area contributed by atoms with Crippen LogP contribution in [0.15, 0.2) is 23.1 Å². The maximum absolute atomic E-state index is 12.5. The lowest BCUT2D eigenvalue weighted by Crippen LogP contribution is -2.35. The minimum atomic E-state index is -0.642. The number of benzene rings is 1. The van der Waals surface area contributed by atoms with Crippen LogP contribution in [0.3, 0.4) is 0 Å². The van der Waals surface area contributed by atoms with Gasteiger partial charge in [-0.1, -0.05) is 6.07 Å². The first kappa shape index (κ1) is 21.3. The molecule has 0 atom stereocenters. The molecule has 1 aromatic rings. The minimum Gasteiger partial charge on any atom is -0.490 e. The summed E-state index contributed by atoms with van der Waals surface area (Å²) in [5.74, 6) is -0.369. The van der Waals surface area contributed by atoms with Gasteiger partial charge in [0.05, 0.1) is 17.6 Å². The van der Waals surface area contributed by atoms with Gasteiger partial charge in [-0.2, -0.15) is 5.26 Å². The van der Waals surface area contributed by atoms with E-state index in [0.717, 1.165) is 16.7 Å². The van der Waals surface area contributed by atoms with Gasteiger partial charge < -0.3 is 14.2 Å². The average Bonchev–Trinajstić information content (AvgIpc) is 2.88.